The molecular weight excluding hydrogens is 252 g/mol. The first kappa shape index (κ1) is 14.8. The molecule has 0 bridgehead atoms. The summed E-state index contributed by atoms with van der Waals surface area (Å²) in [6, 6.07) is 5.04. The number of anilines is 1. The first-order chi connectivity index (χ1) is 8.40. The van der Waals surface area contributed by atoms with E-state index in [0.29, 0.717) is 22.9 Å². The fourth-order valence-corrected chi connectivity index (χ4v) is 1.85. The van der Waals surface area contributed by atoms with Gasteiger partial charge < -0.3 is 15.8 Å². The molecule has 0 aliphatic heterocycles. The number of amides is 1. The van der Waals surface area contributed by atoms with E-state index in [-0.39, 0.29) is 5.91 Å². The summed E-state index contributed by atoms with van der Waals surface area (Å²) in [5, 5.41) is 3.28. The minimum atomic E-state index is -0.901. The Bertz CT molecular complexity index is 433. The van der Waals surface area contributed by atoms with Crippen LogP contribution in [-0.2, 0) is 4.79 Å². The number of ether oxygens (including phenoxy) is 1. The third-order valence-electron chi connectivity index (χ3n) is 2.70. The lowest BCUT2D eigenvalue weighted by Crippen LogP contribution is -2.48. The second-order valence-electron chi connectivity index (χ2n) is 4.47. The van der Waals surface area contributed by atoms with E-state index in [4.69, 9.17) is 22.1 Å². The Morgan fingerprint density at radius 1 is 1.56 bits per heavy atom. The maximum absolute atomic E-state index is 12.1. The molecule has 0 aliphatic carbocycles. The Morgan fingerprint density at radius 3 is 2.78 bits per heavy atom. The SMILES string of the molecule is CCCC(C)(N)C(=O)Nc1cc(Cl)ccc1OC. The number of nitrogens with two attached hydrogens (primary N) is 1. The molecule has 0 saturated heterocycles. The molecule has 0 aliphatic rings. The van der Waals surface area contributed by atoms with Gasteiger partial charge in [0.2, 0.25) is 5.91 Å². The van der Waals surface area contributed by atoms with E-state index in [1.807, 2.05) is 6.92 Å². The summed E-state index contributed by atoms with van der Waals surface area (Å²) in [7, 11) is 1.53. The zero-order chi connectivity index (χ0) is 13.8. The zero-order valence-electron chi connectivity index (χ0n) is 10.9. The fraction of sp³-hybridized carbons (Fsp3) is 0.462. The molecule has 100 valence electrons. The topological polar surface area (TPSA) is 64.4 Å². The minimum absolute atomic E-state index is 0.245. The quantitative estimate of drug-likeness (QED) is 0.865. The van der Waals surface area contributed by atoms with Crippen molar-refractivity contribution in [2.75, 3.05) is 12.4 Å². The van der Waals surface area contributed by atoms with Crippen LogP contribution >= 0.6 is 11.6 Å². The highest BCUT2D eigenvalue weighted by atomic mass is 35.5. The number of carbonyl (C=O) groups is 1. The average molecular weight is 271 g/mol. The van der Waals surface area contributed by atoms with Crippen LogP contribution in [0.4, 0.5) is 5.69 Å². The molecule has 1 aromatic carbocycles. The van der Waals surface area contributed by atoms with Gasteiger partial charge in [0, 0.05) is 5.02 Å². The first-order valence-electron chi connectivity index (χ1n) is 5.84. The van der Waals surface area contributed by atoms with Gasteiger partial charge in [-0.1, -0.05) is 24.9 Å². The van der Waals surface area contributed by atoms with Gasteiger partial charge in [0.1, 0.15) is 5.75 Å². The van der Waals surface area contributed by atoms with E-state index < -0.39 is 5.54 Å². The maximum atomic E-state index is 12.1. The molecule has 1 unspecified atom stereocenters. The fourth-order valence-electron chi connectivity index (χ4n) is 1.68. The Kier molecular flexibility index (Phi) is 4.99. The largest absolute Gasteiger partial charge is 0.495 e. The molecule has 0 radical (unpaired) electrons. The van der Waals surface area contributed by atoms with Gasteiger partial charge in [0.25, 0.3) is 0 Å². The summed E-state index contributed by atoms with van der Waals surface area (Å²) in [4.78, 5) is 12.1. The van der Waals surface area contributed by atoms with E-state index >= 15 is 0 Å². The number of hydrogen-bond donors (Lipinski definition) is 2. The summed E-state index contributed by atoms with van der Waals surface area (Å²) >= 11 is 5.89. The lowest BCUT2D eigenvalue weighted by atomic mass is 9.96. The Balaban J connectivity index is 2.90. The highest BCUT2D eigenvalue weighted by Crippen LogP contribution is 2.28. The van der Waals surface area contributed by atoms with Crippen molar-refractivity contribution in [3.8, 4) is 5.75 Å². The number of hydrogen-bond acceptors (Lipinski definition) is 3. The van der Waals surface area contributed by atoms with Crippen molar-refractivity contribution in [2.45, 2.75) is 32.2 Å². The summed E-state index contributed by atoms with van der Waals surface area (Å²) in [6.45, 7) is 3.70. The van der Waals surface area contributed by atoms with E-state index in [1.54, 1.807) is 25.1 Å². The van der Waals surface area contributed by atoms with Crippen LogP contribution in [0.5, 0.6) is 5.75 Å². The highest BCUT2D eigenvalue weighted by Gasteiger charge is 2.27. The van der Waals surface area contributed by atoms with Crippen molar-refractivity contribution in [2.24, 2.45) is 5.73 Å². The molecule has 0 heterocycles. The normalized spacial score (nSPS) is 13.8. The lowest BCUT2D eigenvalue weighted by molar-refractivity contribution is -0.120. The van der Waals surface area contributed by atoms with Gasteiger partial charge in [0.15, 0.2) is 0 Å². The maximum Gasteiger partial charge on any atom is 0.244 e. The van der Waals surface area contributed by atoms with Gasteiger partial charge in [0.05, 0.1) is 18.3 Å². The van der Waals surface area contributed by atoms with Crippen LogP contribution in [0.2, 0.25) is 5.02 Å². The van der Waals surface area contributed by atoms with Gasteiger partial charge in [-0.3, -0.25) is 4.79 Å². The monoisotopic (exact) mass is 270 g/mol. The van der Waals surface area contributed by atoms with Crippen LogP contribution in [0.25, 0.3) is 0 Å². The Labute approximate surface area is 112 Å². The van der Waals surface area contributed by atoms with Gasteiger partial charge in [-0.25, -0.2) is 0 Å². The van der Waals surface area contributed by atoms with E-state index in [1.165, 1.54) is 7.11 Å². The van der Waals surface area contributed by atoms with Crippen molar-refractivity contribution < 1.29 is 9.53 Å². The van der Waals surface area contributed by atoms with E-state index in [0.717, 1.165) is 6.42 Å². The average Bonchev–Trinajstić information content (AvgIpc) is 2.29. The molecule has 18 heavy (non-hydrogen) atoms. The Hall–Kier alpha value is -1.26. The molecule has 0 spiro atoms. The molecule has 3 N–H and O–H groups in total. The smallest absolute Gasteiger partial charge is 0.244 e. The summed E-state index contributed by atoms with van der Waals surface area (Å²) in [6.07, 6.45) is 1.45. The predicted octanol–water partition coefficient (Wildman–Crippen LogP) is 2.80. The lowest BCUT2D eigenvalue weighted by Gasteiger charge is -2.23. The summed E-state index contributed by atoms with van der Waals surface area (Å²) in [5.41, 5.74) is 5.59. The molecule has 1 rings (SSSR count). The van der Waals surface area contributed by atoms with Gasteiger partial charge in [-0.15, -0.1) is 0 Å². The third kappa shape index (κ3) is 3.62. The minimum Gasteiger partial charge on any atom is -0.495 e. The van der Waals surface area contributed by atoms with Gasteiger partial charge >= 0.3 is 0 Å². The number of carbonyl (C=O) groups excluding carboxylic acids is 1. The molecule has 1 atom stereocenters. The van der Waals surface area contributed by atoms with E-state index in [9.17, 15) is 4.79 Å². The van der Waals surface area contributed by atoms with Crippen molar-refractivity contribution in [1.82, 2.24) is 0 Å². The van der Waals surface area contributed by atoms with Crippen molar-refractivity contribution in [1.29, 1.82) is 0 Å². The highest BCUT2D eigenvalue weighted by molar-refractivity contribution is 6.31. The number of halogens is 1. The van der Waals surface area contributed by atoms with Crippen molar-refractivity contribution in [3.05, 3.63) is 23.2 Å². The second-order valence-corrected chi connectivity index (χ2v) is 4.90. The predicted molar refractivity (Wildman–Crippen MR) is 74.1 cm³/mol. The number of benzene rings is 1. The Morgan fingerprint density at radius 2 is 2.22 bits per heavy atom. The summed E-state index contributed by atoms with van der Waals surface area (Å²) < 4.78 is 5.16. The van der Waals surface area contributed by atoms with Crippen molar-refractivity contribution in [3.63, 3.8) is 0 Å². The standard InChI is InChI=1S/C13H19ClN2O2/c1-4-7-13(2,15)12(17)16-10-8-9(14)5-6-11(10)18-3/h5-6,8H,4,7,15H2,1-3H3,(H,16,17). The molecular formula is C13H19ClN2O2. The van der Waals surface area contributed by atoms with Gasteiger partial charge in [-0.2, -0.15) is 0 Å². The van der Waals surface area contributed by atoms with E-state index in [2.05, 4.69) is 5.32 Å². The molecule has 0 saturated carbocycles. The van der Waals surface area contributed by atoms with Crippen LogP contribution < -0.4 is 15.8 Å². The van der Waals surface area contributed by atoms with Crippen LogP contribution in [0.15, 0.2) is 18.2 Å². The molecule has 0 fully saturated rings. The zero-order valence-corrected chi connectivity index (χ0v) is 11.7. The van der Waals surface area contributed by atoms with Gasteiger partial charge in [-0.05, 0) is 31.5 Å². The van der Waals surface area contributed by atoms with Crippen LogP contribution in [0, 0.1) is 0 Å². The molecule has 1 aromatic rings. The molecule has 4 nitrogen and oxygen atoms in total. The molecule has 0 aromatic heterocycles. The second kappa shape index (κ2) is 6.07. The third-order valence-corrected chi connectivity index (χ3v) is 2.93. The molecule has 1 amide bonds. The number of rotatable bonds is 5. The molecule has 5 heteroatoms. The number of nitrogens with one attached hydrogen (secondary N) is 1. The summed E-state index contributed by atoms with van der Waals surface area (Å²) in [5.74, 6) is 0.310. The first-order valence-corrected chi connectivity index (χ1v) is 6.22. The van der Waals surface area contributed by atoms with Crippen LogP contribution in [0.1, 0.15) is 26.7 Å². The number of methoxy groups -OCH3 is 1. The van der Waals surface area contributed by atoms with Crippen molar-refractivity contribution >= 4 is 23.2 Å². The van der Waals surface area contributed by atoms with Crippen LogP contribution in [0.3, 0.4) is 0 Å². The van der Waals surface area contributed by atoms with Crippen LogP contribution in [-0.4, -0.2) is 18.6 Å².